The van der Waals surface area contributed by atoms with E-state index in [1.807, 2.05) is 25.1 Å². The monoisotopic (exact) mass is 248 g/mol. The van der Waals surface area contributed by atoms with Crippen LogP contribution in [-0.2, 0) is 6.42 Å². The minimum absolute atomic E-state index is 0.625. The van der Waals surface area contributed by atoms with Crippen LogP contribution in [0.3, 0.4) is 0 Å². The van der Waals surface area contributed by atoms with Gasteiger partial charge in [0.25, 0.3) is 0 Å². The van der Waals surface area contributed by atoms with E-state index >= 15 is 0 Å². The summed E-state index contributed by atoms with van der Waals surface area (Å²) in [6.07, 6.45) is 0.969. The van der Waals surface area contributed by atoms with Crippen molar-refractivity contribution in [1.29, 1.82) is 0 Å². The van der Waals surface area contributed by atoms with Crippen LogP contribution in [0.15, 0.2) is 23.6 Å². The number of rotatable bonds is 4. The van der Waals surface area contributed by atoms with Gasteiger partial charge in [0.1, 0.15) is 5.75 Å². The summed E-state index contributed by atoms with van der Waals surface area (Å²) in [5.41, 5.74) is 8.63. The number of benzene rings is 1. The molecule has 4 heteroatoms. The molecule has 0 spiro atoms. The topological polar surface area (TPSA) is 48.1 Å². The Morgan fingerprint density at radius 1 is 1.35 bits per heavy atom. The lowest BCUT2D eigenvalue weighted by Crippen LogP contribution is -1.96. The molecule has 0 bridgehead atoms. The fraction of sp³-hybridized carbons (Fsp3) is 0.308. The van der Waals surface area contributed by atoms with E-state index in [1.165, 1.54) is 0 Å². The van der Waals surface area contributed by atoms with Crippen molar-refractivity contribution >= 4 is 17.0 Å². The number of ether oxygens (including phenoxy) is 1. The second-order valence-corrected chi connectivity index (χ2v) is 4.61. The van der Waals surface area contributed by atoms with Gasteiger partial charge in [-0.3, -0.25) is 0 Å². The molecule has 0 unspecified atom stereocenters. The third-order valence-corrected chi connectivity index (χ3v) is 3.45. The number of nitrogens with zero attached hydrogens (tertiary/aromatic N) is 1. The van der Waals surface area contributed by atoms with Crippen molar-refractivity contribution in [3.63, 3.8) is 0 Å². The highest BCUT2D eigenvalue weighted by atomic mass is 32.1. The Morgan fingerprint density at radius 3 is 2.76 bits per heavy atom. The predicted molar refractivity (Wildman–Crippen MR) is 72.5 cm³/mol. The van der Waals surface area contributed by atoms with Crippen LogP contribution < -0.4 is 10.5 Å². The van der Waals surface area contributed by atoms with Gasteiger partial charge in [0.15, 0.2) is 0 Å². The van der Waals surface area contributed by atoms with Gasteiger partial charge in [-0.05, 0) is 31.5 Å². The quantitative estimate of drug-likeness (QED) is 0.844. The van der Waals surface area contributed by atoms with Gasteiger partial charge in [0.05, 0.1) is 23.0 Å². The first-order valence-corrected chi connectivity index (χ1v) is 6.59. The van der Waals surface area contributed by atoms with Gasteiger partial charge < -0.3 is 10.5 Å². The molecule has 0 amide bonds. The summed E-state index contributed by atoms with van der Waals surface area (Å²) in [5, 5.41) is 3.21. The smallest absolute Gasteiger partial charge is 0.142 e. The van der Waals surface area contributed by atoms with Crippen molar-refractivity contribution in [3.05, 3.63) is 28.6 Å². The zero-order valence-corrected chi connectivity index (χ0v) is 10.9. The lowest BCUT2D eigenvalue weighted by Gasteiger charge is -2.07. The van der Waals surface area contributed by atoms with Gasteiger partial charge in [-0.15, -0.1) is 11.3 Å². The van der Waals surface area contributed by atoms with Gasteiger partial charge in [0.2, 0.25) is 0 Å². The van der Waals surface area contributed by atoms with E-state index in [9.17, 15) is 0 Å². The van der Waals surface area contributed by atoms with Crippen molar-refractivity contribution in [2.45, 2.75) is 20.3 Å². The Balaban J connectivity index is 2.30. The molecule has 0 saturated heterocycles. The summed E-state index contributed by atoms with van der Waals surface area (Å²) in [7, 11) is 0. The van der Waals surface area contributed by atoms with Crippen LogP contribution >= 0.6 is 11.3 Å². The molecule has 3 nitrogen and oxygen atoms in total. The van der Waals surface area contributed by atoms with Crippen LogP contribution in [-0.4, -0.2) is 11.6 Å². The molecule has 0 radical (unpaired) electrons. The van der Waals surface area contributed by atoms with Crippen LogP contribution in [0.2, 0.25) is 0 Å². The highest BCUT2D eigenvalue weighted by Crippen LogP contribution is 2.29. The van der Waals surface area contributed by atoms with Crippen molar-refractivity contribution in [3.8, 4) is 17.0 Å². The zero-order valence-electron chi connectivity index (χ0n) is 10.1. The zero-order chi connectivity index (χ0) is 12.3. The fourth-order valence-corrected chi connectivity index (χ4v) is 2.35. The standard InChI is InChI=1S/C13H16N2OS/c1-3-13-15-11(8-17-13)9-5-6-12(16-4-2)10(14)7-9/h5-8H,3-4,14H2,1-2H3. The molecule has 0 aliphatic heterocycles. The Labute approximate surface area is 105 Å². The van der Waals surface area contributed by atoms with Crippen LogP contribution in [0.1, 0.15) is 18.9 Å². The van der Waals surface area contributed by atoms with E-state index in [1.54, 1.807) is 11.3 Å². The molecular weight excluding hydrogens is 232 g/mol. The van der Waals surface area contributed by atoms with Crippen LogP contribution in [0.25, 0.3) is 11.3 Å². The average Bonchev–Trinajstić information content (AvgIpc) is 2.80. The van der Waals surface area contributed by atoms with Gasteiger partial charge >= 0.3 is 0 Å². The van der Waals surface area contributed by atoms with Crippen molar-refractivity contribution in [1.82, 2.24) is 4.98 Å². The molecule has 0 aliphatic rings. The van der Waals surface area contributed by atoms with E-state index in [-0.39, 0.29) is 0 Å². The molecule has 90 valence electrons. The number of thiazole rings is 1. The van der Waals surface area contributed by atoms with E-state index in [0.717, 1.165) is 28.4 Å². The molecule has 1 aromatic carbocycles. The van der Waals surface area contributed by atoms with Crippen LogP contribution in [0.4, 0.5) is 5.69 Å². The fourth-order valence-electron chi connectivity index (χ4n) is 1.60. The maximum absolute atomic E-state index is 5.93. The summed E-state index contributed by atoms with van der Waals surface area (Å²) in [6.45, 7) is 4.68. The number of hydrogen-bond donors (Lipinski definition) is 1. The number of nitrogens with two attached hydrogens (primary N) is 1. The molecule has 0 atom stereocenters. The van der Waals surface area contributed by atoms with E-state index in [0.29, 0.717) is 12.3 Å². The highest BCUT2D eigenvalue weighted by molar-refractivity contribution is 7.09. The van der Waals surface area contributed by atoms with Gasteiger partial charge in [0, 0.05) is 10.9 Å². The maximum atomic E-state index is 5.93. The Hall–Kier alpha value is -1.55. The van der Waals surface area contributed by atoms with Crippen molar-refractivity contribution in [2.75, 3.05) is 12.3 Å². The van der Waals surface area contributed by atoms with Gasteiger partial charge in [-0.25, -0.2) is 4.98 Å². The largest absolute Gasteiger partial charge is 0.492 e. The maximum Gasteiger partial charge on any atom is 0.142 e. The molecule has 0 aliphatic carbocycles. The Morgan fingerprint density at radius 2 is 2.18 bits per heavy atom. The summed E-state index contributed by atoms with van der Waals surface area (Å²) in [4.78, 5) is 4.54. The molecule has 1 aromatic heterocycles. The second-order valence-electron chi connectivity index (χ2n) is 3.67. The number of anilines is 1. The van der Waals surface area contributed by atoms with Gasteiger partial charge in [-0.2, -0.15) is 0 Å². The van der Waals surface area contributed by atoms with E-state index < -0.39 is 0 Å². The first-order chi connectivity index (χ1) is 8.24. The van der Waals surface area contributed by atoms with E-state index in [2.05, 4.69) is 17.3 Å². The first-order valence-electron chi connectivity index (χ1n) is 5.71. The lowest BCUT2D eigenvalue weighted by atomic mass is 10.1. The number of nitrogen functional groups attached to an aromatic ring is 1. The first kappa shape index (κ1) is 11.9. The molecule has 2 aromatic rings. The molecule has 1 heterocycles. The van der Waals surface area contributed by atoms with Crippen molar-refractivity contribution in [2.24, 2.45) is 0 Å². The molecular formula is C13H16N2OS. The summed E-state index contributed by atoms with van der Waals surface area (Å²) in [5.74, 6) is 0.738. The molecule has 2 N–H and O–H groups in total. The normalized spacial score (nSPS) is 10.5. The molecule has 17 heavy (non-hydrogen) atoms. The minimum Gasteiger partial charge on any atom is -0.492 e. The Kier molecular flexibility index (Phi) is 3.64. The summed E-state index contributed by atoms with van der Waals surface area (Å²) < 4.78 is 5.41. The third kappa shape index (κ3) is 2.58. The lowest BCUT2D eigenvalue weighted by molar-refractivity contribution is 0.342. The summed E-state index contributed by atoms with van der Waals surface area (Å²) in [6, 6.07) is 5.81. The van der Waals surface area contributed by atoms with E-state index in [4.69, 9.17) is 10.5 Å². The SMILES string of the molecule is CCOc1ccc(-c2csc(CC)n2)cc1N. The molecule has 0 saturated carbocycles. The number of aromatic nitrogens is 1. The number of aryl methyl sites for hydroxylation is 1. The predicted octanol–water partition coefficient (Wildman–Crippen LogP) is 3.35. The van der Waals surface area contributed by atoms with Gasteiger partial charge in [-0.1, -0.05) is 6.92 Å². The summed E-state index contributed by atoms with van der Waals surface area (Å²) >= 11 is 1.68. The average molecular weight is 248 g/mol. The number of hydrogen-bond acceptors (Lipinski definition) is 4. The highest BCUT2D eigenvalue weighted by Gasteiger charge is 2.06. The third-order valence-electron chi connectivity index (χ3n) is 2.46. The molecule has 0 fully saturated rings. The second kappa shape index (κ2) is 5.19. The Bertz CT molecular complexity index is 508. The van der Waals surface area contributed by atoms with Crippen LogP contribution in [0, 0.1) is 0 Å². The minimum atomic E-state index is 0.625. The van der Waals surface area contributed by atoms with Crippen molar-refractivity contribution < 1.29 is 4.74 Å². The molecule has 2 rings (SSSR count). The van der Waals surface area contributed by atoms with Crippen LogP contribution in [0.5, 0.6) is 5.75 Å².